The van der Waals surface area contributed by atoms with Gasteiger partial charge in [-0.25, -0.2) is 0 Å². The van der Waals surface area contributed by atoms with E-state index in [1.807, 2.05) is 6.07 Å². The third kappa shape index (κ3) is 5.88. The zero-order valence-electron chi connectivity index (χ0n) is 10.6. The van der Waals surface area contributed by atoms with Gasteiger partial charge in [0.15, 0.2) is 11.5 Å². The Morgan fingerprint density at radius 3 is 2.45 bits per heavy atom. The Hall–Kier alpha value is -0.470. The second kappa shape index (κ2) is 8.09. The summed E-state index contributed by atoms with van der Waals surface area (Å²) in [6.07, 6.45) is -4.32. The number of rotatable bonds is 7. The van der Waals surface area contributed by atoms with Crippen LogP contribution >= 0.6 is 31.9 Å². The third-order valence-electron chi connectivity index (χ3n) is 2.18. The van der Waals surface area contributed by atoms with Crippen molar-refractivity contribution in [2.24, 2.45) is 0 Å². The van der Waals surface area contributed by atoms with Gasteiger partial charge in [-0.15, -0.1) is 0 Å². The standard InChI is InChI=1S/C12H13Br2F3O3/c1-18-10-5-8(6-13)4-9(14)11(10)20-3-2-19-7-12(15,16)17/h4-5H,2-3,6-7H2,1H3. The number of alkyl halides is 4. The molecule has 0 fully saturated rings. The molecule has 0 aliphatic heterocycles. The molecule has 0 aromatic heterocycles. The molecule has 0 saturated carbocycles. The minimum Gasteiger partial charge on any atom is -0.493 e. The van der Waals surface area contributed by atoms with Crippen molar-refractivity contribution in [2.75, 3.05) is 26.9 Å². The molecule has 0 atom stereocenters. The largest absolute Gasteiger partial charge is 0.493 e. The maximum Gasteiger partial charge on any atom is 0.411 e. The monoisotopic (exact) mass is 420 g/mol. The van der Waals surface area contributed by atoms with Crippen molar-refractivity contribution in [1.29, 1.82) is 0 Å². The summed E-state index contributed by atoms with van der Waals surface area (Å²) in [7, 11) is 1.49. The lowest BCUT2D eigenvalue weighted by atomic mass is 10.2. The van der Waals surface area contributed by atoms with E-state index in [4.69, 9.17) is 9.47 Å². The summed E-state index contributed by atoms with van der Waals surface area (Å²) in [4.78, 5) is 0. The van der Waals surface area contributed by atoms with E-state index in [1.165, 1.54) is 7.11 Å². The maximum atomic E-state index is 11.9. The van der Waals surface area contributed by atoms with Gasteiger partial charge in [-0.3, -0.25) is 0 Å². The molecule has 0 aliphatic carbocycles. The molecule has 0 unspecified atom stereocenters. The second-order valence-electron chi connectivity index (χ2n) is 3.76. The summed E-state index contributed by atoms with van der Waals surface area (Å²) in [5.74, 6) is 0.942. The van der Waals surface area contributed by atoms with Gasteiger partial charge in [0.2, 0.25) is 0 Å². The maximum absolute atomic E-state index is 11.9. The summed E-state index contributed by atoms with van der Waals surface area (Å²) < 4.78 is 51.3. The normalized spacial score (nSPS) is 11.5. The van der Waals surface area contributed by atoms with Gasteiger partial charge in [-0.1, -0.05) is 15.9 Å². The summed E-state index contributed by atoms with van der Waals surface area (Å²) in [5.41, 5.74) is 0.981. The van der Waals surface area contributed by atoms with Crippen LogP contribution in [-0.4, -0.2) is 33.1 Å². The van der Waals surface area contributed by atoms with Gasteiger partial charge in [0.25, 0.3) is 0 Å². The van der Waals surface area contributed by atoms with Crippen molar-refractivity contribution in [3.63, 3.8) is 0 Å². The number of hydrogen-bond donors (Lipinski definition) is 0. The summed E-state index contributed by atoms with van der Waals surface area (Å²) in [5, 5.41) is 0.650. The van der Waals surface area contributed by atoms with E-state index in [0.717, 1.165) is 5.56 Å². The van der Waals surface area contributed by atoms with Gasteiger partial charge >= 0.3 is 6.18 Å². The quantitative estimate of drug-likeness (QED) is 0.485. The fraction of sp³-hybridized carbons (Fsp3) is 0.500. The molecule has 0 amide bonds. The van der Waals surface area contributed by atoms with E-state index in [2.05, 4.69) is 36.6 Å². The van der Waals surface area contributed by atoms with Gasteiger partial charge in [-0.2, -0.15) is 13.2 Å². The minimum absolute atomic E-state index is 0.00129. The molecule has 1 aromatic rings. The van der Waals surface area contributed by atoms with Gasteiger partial charge in [0.05, 0.1) is 18.2 Å². The van der Waals surface area contributed by atoms with E-state index >= 15 is 0 Å². The van der Waals surface area contributed by atoms with Crippen LogP contribution in [0.5, 0.6) is 11.5 Å². The fourth-order valence-electron chi connectivity index (χ4n) is 1.38. The molecule has 0 saturated heterocycles. The molecule has 1 rings (SSSR count). The number of ether oxygens (including phenoxy) is 3. The van der Waals surface area contributed by atoms with Crippen LogP contribution < -0.4 is 9.47 Å². The molecule has 0 radical (unpaired) electrons. The Balaban J connectivity index is 2.55. The van der Waals surface area contributed by atoms with Gasteiger partial charge in [0.1, 0.15) is 13.2 Å². The first-order chi connectivity index (χ1) is 9.37. The van der Waals surface area contributed by atoms with Gasteiger partial charge in [0, 0.05) is 5.33 Å². The zero-order valence-corrected chi connectivity index (χ0v) is 13.8. The van der Waals surface area contributed by atoms with Crippen molar-refractivity contribution in [3.8, 4) is 11.5 Å². The minimum atomic E-state index is -4.32. The van der Waals surface area contributed by atoms with Gasteiger partial charge in [-0.05, 0) is 33.6 Å². The lowest BCUT2D eigenvalue weighted by molar-refractivity contribution is -0.175. The highest BCUT2D eigenvalue weighted by molar-refractivity contribution is 9.10. The highest BCUT2D eigenvalue weighted by Crippen LogP contribution is 2.37. The average Bonchev–Trinajstić information content (AvgIpc) is 2.38. The molecule has 114 valence electrons. The first-order valence-electron chi connectivity index (χ1n) is 5.57. The Morgan fingerprint density at radius 2 is 1.90 bits per heavy atom. The topological polar surface area (TPSA) is 27.7 Å². The highest BCUT2D eigenvalue weighted by Gasteiger charge is 2.27. The molecular formula is C12H13Br2F3O3. The van der Waals surface area contributed by atoms with Crippen LogP contribution in [0, 0.1) is 0 Å². The lowest BCUT2D eigenvalue weighted by Gasteiger charge is -2.14. The number of halogens is 5. The van der Waals surface area contributed by atoms with Crippen LogP contribution in [0.3, 0.4) is 0 Å². The predicted molar refractivity (Wildman–Crippen MR) is 75.7 cm³/mol. The van der Waals surface area contributed by atoms with Crippen molar-refractivity contribution < 1.29 is 27.4 Å². The van der Waals surface area contributed by atoms with Crippen LogP contribution in [0.15, 0.2) is 16.6 Å². The van der Waals surface area contributed by atoms with Crippen molar-refractivity contribution in [1.82, 2.24) is 0 Å². The molecule has 0 spiro atoms. The first-order valence-corrected chi connectivity index (χ1v) is 7.48. The van der Waals surface area contributed by atoms with Crippen LogP contribution in [-0.2, 0) is 10.1 Å². The van der Waals surface area contributed by atoms with E-state index in [-0.39, 0.29) is 13.2 Å². The SMILES string of the molecule is COc1cc(CBr)cc(Br)c1OCCOCC(F)(F)F. The molecular weight excluding hydrogens is 409 g/mol. The second-order valence-corrected chi connectivity index (χ2v) is 5.17. The number of benzene rings is 1. The van der Waals surface area contributed by atoms with Crippen LogP contribution in [0.1, 0.15) is 5.56 Å². The van der Waals surface area contributed by atoms with Crippen LogP contribution in [0.4, 0.5) is 13.2 Å². The van der Waals surface area contributed by atoms with Crippen molar-refractivity contribution in [2.45, 2.75) is 11.5 Å². The molecule has 3 nitrogen and oxygen atoms in total. The fourth-order valence-corrected chi connectivity index (χ4v) is 2.31. The summed E-state index contributed by atoms with van der Waals surface area (Å²) in [6.45, 7) is -1.44. The molecule has 0 heterocycles. The third-order valence-corrected chi connectivity index (χ3v) is 3.42. The molecule has 20 heavy (non-hydrogen) atoms. The highest BCUT2D eigenvalue weighted by atomic mass is 79.9. The Labute approximate surface area is 131 Å². The van der Waals surface area contributed by atoms with E-state index in [9.17, 15) is 13.2 Å². The Kier molecular flexibility index (Phi) is 7.11. The van der Waals surface area contributed by atoms with E-state index in [1.54, 1.807) is 6.07 Å². The first kappa shape index (κ1) is 17.6. The Morgan fingerprint density at radius 1 is 1.20 bits per heavy atom. The van der Waals surface area contributed by atoms with Crippen LogP contribution in [0.2, 0.25) is 0 Å². The molecule has 1 aromatic carbocycles. The lowest BCUT2D eigenvalue weighted by Crippen LogP contribution is -2.19. The zero-order chi connectivity index (χ0) is 15.2. The smallest absolute Gasteiger partial charge is 0.411 e. The summed E-state index contributed by atoms with van der Waals surface area (Å²) in [6, 6.07) is 3.62. The van der Waals surface area contributed by atoms with Gasteiger partial charge < -0.3 is 14.2 Å². The van der Waals surface area contributed by atoms with E-state index < -0.39 is 12.8 Å². The average molecular weight is 422 g/mol. The summed E-state index contributed by atoms with van der Waals surface area (Å²) >= 11 is 6.66. The predicted octanol–water partition coefficient (Wildman–Crippen LogP) is 4.31. The Bertz CT molecular complexity index is 439. The van der Waals surface area contributed by atoms with E-state index in [0.29, 0.717) is 21.3 Å². The number of hydrogen-bond acceptors (Lipinski definition) is 3. The number of methoxy groups -OCH3 is 1. The molecule has 8 heteroatoms. The van der Waals surface area contributed by atoms with Crippen LogP contribution in [0.25, 0.3) is 0 Å². The van der Waals surface area contributed by atoms with Crippen molar-refractivity contribution in [3.05, 3.63) is 22.2 Å². The molecule has 0 aliphatic rings. The van der Waals surface area contributed by atoms with Crippen molar-refractivity contribution >= 4 is 31.9 Å². The molecule has 0 bridgehead atoms. The molecule has 0 N–H and O–H groups in total.